The summed E-state index contributed by atoms with van der Waals surface area (Å²) in [5.74, 6) is -0.0657. The smallest absolute Gasteiger partial charge is 0.272 e. The predicted molar refractivity (Wildman–Crippen MR) is 68.3 cm³/mol. The van der Waals surface area contributed by atoms with Crippen LogP contribution in [0.5, 0.6) is 0 Å². The fraction of sp³-hybridized carbons (Fsp3) is 0.692. The highest BCUT2D eigenvalue weighted by molar-refractivity contribution is 5.92. The van der Waals surface area contributed by atoms with E-state index in [1.54, 1.807) is 29.7 Å². The maximum absolute atomic E-state index is 12.4. The third kappa shape index (κ3) is 2.41. The third-order valence-corrected chi connectivity index (χ3v) is 3.73. The standard InChI is InChI=1S/C13H21N3O2/c1-9-8-11(16(3)14-9)13(18)15(2)10-6-4-5-7-12(10)17/h8,10,12,17H,4-7H2,1-3H3. The molecule has 1 fully saturated rings. The molecule has 0 radical (unpaired) electrons. The number of aryl methyl sites for hydroxylation is 2. The molecule has 1 N–H and O–H groups in total. The molecule has 2 atom stereocenters. The van der Waals surface area contributed by atoms with E-state index in [-0.39, 0.29) is 11.9 Å². The second kappa shape index (κ2) is 5.10. The van der Waals surface area contributed by atoms with E-state index in [9.17, 15) is 9.90 Å². The Morgan fingerprint density at radius 1 is 1.50 bits per heavy atom. The number of amides is 1. The highest BCUT2D eigenvalue weighted by atomic mass is 16.3. The van der Waals surface area contributed by atoms with Crippen molar-refractivity contribution in [2.75, 3.05) is 7.05 Å². The first-order chi connectivity index (χ1) is 8.50. The predicted octanol–water partition coefficient (Wildman–Crippen LogP) is 1.10. The maximum Gasteiger partial charge on any atom is 0.272 e. The van der Waals surface area contributed by atoms with Crippen molar-refractivity contribution in [1.29, 1.82) is 0 Å². The van der Waals surface area contributed by atoms with Crippen LogP contribution in [0.25, 0.3) is 0 Å². The van der Waals surface area contributed by atoms with Crippen molar-refractivity contribution in [1.82, 2.24) is 14.7 Å². The first-order valence-electron chi connectivity index (χ1n) is 6.46. The van der Waals surface area contributed by atoms with E-state index in [1.807, 2.05) is 6.92 Å². The first-order valence-corrected chi connectivity index (χ1v) is 6.46. The Kier molecular flexibility index (Phi) is 3.71. The molecule has 2 rings (SSSR count). The summed E-state index contributed by atoms with van der Waals surface area (Å²) in [4.78, 5) is 14.0. The number of aliphatic hydroxyl groups is 1. The number of hydrogen-bond acceptors (Lipinski definition) is 3. The molecule has 2 unspecified atom stereocenters. The largest absolute Gasteiger partial charge is 0.391 e. The molecular formula is C13H21N3O2. The highest BCUT2D eigenvalue weighted by Gasteiger charge is 2.30. The molecule has 0 spiro atoms. The van der Waals surface area contributed by atoms with Crippen LogP contribution in [0, 0.1) is 6.92 Å². The number of carbonyl (C=O) groups is 1. The summed E-state index contributed by atoms with van der Waals surface area (Å²) < 4.78 is 1.60. The van der Waals surface area contributed by atoms with E-state index in [2.05, 4.69) is 5.10 Å². The van der Waals surface area contributed by atoms with Crippen molar-refractivity contribution >= 4 is 5.91 Å². The third-order valence-electron chi connectivity index (χ3n) is 3.73. The van der Waals surface area contributed by atoms with E-state index >= 15 is 0 Å². The van der Waals surface area contributed by atoms with Crippen molar-refractivity contribution in [3.63, 3.8) is 0 Å². The zero-order valence-electron chi connectivity index (χ0n) is 11.3. The summed E-state index contributed by atoms with van der Waals surface area (Å²) in [6.07, 6.45) is 3.38. The van der Waals surface area contributed by atoms with E-state index in [0.29, 0.717) is 5.69 Å². The molecule has 1 saturated carbocycles. The average molecular weight is 251 g/mol. The lowest BCUT2D eigenvalue weighted by Gasteiger charge is -2.35. The molecule has 5 nitrogen and oxygen atoms in total. The number of hydrogen-bond donors (Lipinski definition) is 1. The molecule has 0 aromatic carbocycles. The van der Waals surface area contributed by atoms with Crippen LogP contribution in [0.1, 0.15) is 41.9 Å². The fourth-order valence-electron chi connectivity index (χ4n) is 2.69. The molecule has 1 aliphatic rings. The van der Waals surface area contributed by atoms with Crippen LogP contribution >= 0.6 is 0 Å². The van der Waals surface area contributed by atoms with E-state index in [1.165, 1.54) is 0 Å². The van der Waals surface area contributed by atoms with Crippen LogP contribution in [0.4, 0.5) is 0 Å². The minimum Gasteiger partial charge on any atom is -0.391 e. The summed E-state index contributed by atoms with van der Waals surface area (Å²) in [5, 5.41) is 14.2. The Balaban J connectivity index is 2.15. The number of rotatable bonds is 2. The van der Waals surface area contributed by atoms with Crippen LogP contribution in [0.3, 0.4) is 0 Å². The summed E-state index contributed by atoms with van der Waals surface area (Å²) in [5.41, 5.74) is 1.41. The summed E-state index contributed by atoms with van der Waals surface area (Å²) in [6.45, 7) is 1.87. The second-order valence-electron chi connectivity index (χ2n) is 5.13. The average Bonchev–Trinajstić information content (AvgIpc) is 2.67. The fourth-order valence-corrected chi connectivity index (χ4v) is 2.69. The Morgan fingerprint density at radius 3 is 2.72 bits per heavy atom. The van der Waals surface area contributed by atoms with Gasteiger partial charge in [0.05, 0.1) is 17.8 Å². The molecule has 0 saturated heterocycles. The molecule has 1 aliphatic carbocycles. The summed E-state index contributed by atoms with van der Waals surface area (Å²) in [7, 11) is 3.54. The Bertz CT molecular complexity index is 441. The number of nitrogens with zero attached hydrogens (tertiary/aromatic N) is 3. The van der Waals surface area contributed by atoms with Gasteiger partial charge in [0, 0.05) is 14.1 Å². The van der Waals surface area contributed by atoms with E-state index in [0.717, 1.165) is 31.4 Å². The van der Waals surface area contributed by atoms with Gasteiger partial charge >= 0.3 is 0 Å². The van der Waals surface area contributed by atoms with Gasteiger partial charge in [0.1, 0.15) is 5.69 Å². The van der Waals surface area contributed by atoms with Crippen molar-refractivity contribution in [2.45, 2.75) is 44.8 Å². The summed E-state index contributed by atoms with van der Waals surface area (Å²) >= 11 is 0. The second-order valence-corrected chi connectivity index (χ2v) is 5.13. The van der Waals surface area contributed by atoms with Crippen molar-refractivity contribution < 1.29 is 9.90 Å². The van der Waals surface area contributed by atoms with Gasteiger partial charge in [-0.25, -0.2) is 0 Å². The molecule has 1 aromatic rings. The van der Waals surface area contributed by atoms with Gasteiger partial charge in [0.25, 0.3) is 5.91 Å². The highest BCUT2D eigenvalue weighted by Crippen LogP contribution is 2.23. The first kappa shape index (κ1) is 13.1. The van der Waals surface area contributed by atoms with Gasteiger partial charge in [0.2, 0.25) is 0 Å². The monoisotopic (exact) mass is 251 g/mol. The van der Waals surface area contributed by atoms with E-state index < -0.39 is 6.10 Å². The number of aliphatic hydroxyl groups excluding tert-OH is 1. The van der Waals surface area contributed by atoms with Gasteiger partial charge in [-0.1, -0.05) is 12.8 Å². The van der Waals surface area contributed by atoms with Gasteiger partial charge < -0.3 is 10.0 Å². The van der Waals surface area contributed by atoms with Gasteiger partial charge in [0.15, 0.2) is 0 Å². The number of carbonyl (C=O) groups excluding carboxylic acids is 1. The van der Waals surface area contributed by atoms with Crippen molar-refractivity contribution in [2.24, 2.45) is 7.05 Å². The zero-order valence-corrected chi connectivity index (χ0v) is 11.3. The van der Waals surface area contributed by atoms with Gasteiger partial charge in [-0.2, -0.15) is 5.10 Å². The zero-order chi connectivity index (χ0) is 13.3. The lowest BCUT2D eigenvalue weighted by molar-refractivity contribution is 0.0261. The molecule has 100 valence electrons. The van der Waals surface area contributed by atoms with Crippen LogP contribution < -0.4 is 0 Å². The van der Waals surface area contributed by atoms with Crippen molar-refractivity contribution in [3.8, 4) is 0 Å². The summed E-state index contributed by atoms with van der Waals surface area (Å²) in [6, 6.07) is 1.72. The number of aromatic nitrogens is 2. The Morgan fingerprint density at radius 2 is 2.17 bits per heavy atom. The quantitative estimate of drug-likeness (QED) is 0.856. The molecule has 0 aliphatic heterocycles. The normalized spacial score (nSPS) is 24.0. The van der Waals surface area contributed by atoms with Gasteiger partial charge in [-0.3, -0.25) is 9.48 Å². The minimum atomic E-state index is -0.401. The van der Waals surface area contributed by atoms with Crippen LogP contribution in [0.15, 0.2) is 6.07 Å². The molecule has 1 heterocycles. The van der Waals surface area contributed by atoms with E-state index in [4.69, 9.17) is 0 Å². The topological polar surface area (TPSA) is 58.4 Å². The lowest BCUT2D eigenvalue weighted by Crippen LogP contribution is -2.46. The maximum atomic E-state index is 12.4. The lowest BCUT2D eigenvalue weighted by atomic mass is 9.91. The van der Waals surface area contributed by atoms with Crippen LogP contribution in [0.2, 0.25) is 0 Å². The molecular weight excluding hydrogens is 230 g/mol. The molecule has 1 aromatic heterocycles. The molecule has 1 amide bonds. The molecule has 18 heavy (non-hydrogen) atoms. The molecule has 0 bridgehead atoms. The Labute approximate surface area is 107 Å². The van der Waals surface area contributed by atoms with Crippen LogP contribution in [-0.4, -0.2) is 44.9 Å². The van der Waals surface area contributed by atoms with Gasteiger partial charge in [-0.15, -0.1) is 0 Å². The SMILES string of the molecule is Cc1cc(C(=O)N(C)C2CCCCC2O)n(C)n1. The number of likely N-dealkylation sites (N-methyl/N-ethyl adjacent to an activating group) is 1. The Hall–Kier alpha value is -1.36. The van der Waals surface area contributed by atoms with Crippen LogP contribution in [-0.2, 0) is 7.05 Å². The van der Waals surface area contributed by atoms with Gasteiger partial charge in [-0.05, 0) is 25.8 Å². The minimum absolute atomic E-state index is 0.0657. The molecule has 5 heteroatoms. The van der Waals surface area contributed by atoms with Crippen molar-refractivity contribution in [3.05, 3.63) is 17.5 Å².